The van der Waals surface area contributed by atoms with Gasteiger partial charge in [0.05, 0.1) is 6.54 Å². The molecule has 0 aliphatic heterocycles. The SMILES string of the molecule is Cc1ccc(CN(CCc2ccccc2)C(=O)CN(C(=O)c2ccc(Cl)cc2)C2CC2)o1. The summed E-state index contributed by atoms with van der Waals surface area (Å²) in [5, 5.41) is 0.580. The molecule has 166 valence electrons. The summed E-state index contributed by atoms with van der Waals surface area (Å²) in [4.78, 5) is 30.0. The third kappa shape index (κ3) is 5.80. The second-order valence-electron chi connectivity index (χ2n) is 8.23. The number of rotatable bonds is 9. The van der Waals surface area contributed by atoms with E-state index >= 15 is 0 Å². The van der Waals surface area contributed by atoms with Crippen LogP contribution in [0.3, 0.4) is 0 Å². The van der Waals surface area contributed by atoms with Gasteiger partial charge in [-0.15, -0.1) is 0 Å². The summed E-state index contributed by atoms with van der Waals surface area (Å²) in [6, 6.07) is 20.8. The molecule has 0 N–H and O–H groups in total. The molecular formula is C26H27ClN2O3. The molecule has 2 amide bonds. The van der Waals surface area contributed by atoms with Crippen LogP contribution in [0.2, 0.25) is 5.02 Å². The van der Waals surface area contributed by atoms with Gasteiger partial charge in [-0.25, -0.2) is 0 Å². The van der Waals surface area contributed by atoms with Crippen LogP contribution in [0.5, 0.6) is 0 Å². The average molecular weight is 451 g/mol. The predicted octanol–water partition coefficient (Wildman–Crippen LogP) is 5.12. The van der Waals surface area contributed by atoms with Crippen molar-refractivity contribution in [3.63, 3.8) is 0 Å². The van der Waals surface area contributed by atoms with Gasteiger partial charge in [0.2, 0.25) is 5.91 Å². The zero-order valence-electron chi connectivity index (χ0n) is 18.2. The zero-order chi connectivity index (χ0) is 22.5. The number of aryl methyl sites for hydroxylation is 1. The quantitative estimate of drug-likeness (QED) is 0.454. The van der Waals surface area contributed by atoms with E-state index in [1.165, 1.54) is 0 Å². The van der Waals surface area contributed by atoms with Gasteiger partial charge in [-0.1, -0.05) is 41.9 Å². The van der Waals surface area contributed by atoms with Crippen molar-refractivity contribution in [3.8, 4) is 0 Å². The van der Waals surface area contributed by atoms with Crippen LogP contribution in [0.1, 0.15) is 40.3 Å². The van der Waals surface area contributed by atoms with Crippen LogP contribution in [0.15, 0.2) is 71.1 Å². The Bertz CT molecular complexity index is 1060. The normalized spacial score (nSPS) is 13.1. The number of carbonyl (C=O) groups excluding carboxylic acids is 2. The molecule has 1 aliphatic carbocycles. The summed E-state index contributed by atoms with van der Waals surface area (Å²) >= 11 is 5.97. The maximum absolute atomic E-state index is 13.4. The Labute approximate surface area is 193 Å². The number of nitrogens with zero attached hydrogens (tertiary/aromatic N) is 2. The second kappa shape index (κ2) is 10.0. The molecular weight excluding hydrogens is 424 g/mol. The minimum absolute atomic E-state index is 0.0562. The first-order valence-corrected chi connectivity index (χ1v) is 11.3. The number of furan rings is 1. The molecule has 5 nitrogen and oxygen atoms in total. The Morgan fingerprint density at radius 1 is 1.00 bits per heavy atom. The molecule has 0 radical (unpaired) electrons. The molecule has 1 fully saturated rings. The zero-order valence-corrected chi connectivity index (χ0v) is 18.9. The van der Waals surface area contributed by atoms with Crippen molar-refractivity contribution in [1.29, 1.82) is 0 Å². The smallest absolute Gasteiger partial charge is 0.254 e. The van der Waals surface area contributed by atoms with Crippen molar-refractivity contribution < 1.29 is 14.0 Å². The van der Waals surface area contributed by atoms with Gasteiger partial charge in [-0.3, -0.25) is 9.59 Å². The lowest BCUT2D eigenvalue weighted by molar-refractivity contribution is -0.132. The Hall–Kier alpha value is -3.05. The molecule has 1 aromatic heterocycles. The van der Waals surface area contributed by atoms with E-state index in [0.29, 0.717) is 23.7 Å². The van der Waals surface area contributed by atoms with Gasteiger partial charge in [-0.05, 0) is 68.1 Å². The first-order valence-electron chi connectivity index (χ1n) is 10.9. The van der Waals surface area contributed by atoms with E-state index in [0.717, 1.165) is 36.3 Å². The highest BCUT2D eigenvalue weighted by atomic mass is 35.5. The van der Waals surface area contributed by atoms with Gasteiger partial charge in [0, 0.05) is 23.2 Å². The van der Waals surface area contributed by atoms with Crippen LogP contribution in [-0.4, -0.2) is 40.7 Å². The fourth-order valence-electron chi connectivity index (χ4n) is 3.72. The second-order valence-corrected chi connectivity index (χ2v) is 8.67. The van der Waals surface area contributed by atoms with Crippen LogP contribution >= 0.6 is 11.6 Å². The molecule has 4 rings (SSSR count). The van der Waals surface area contributed by atoms with E-state index in [9.17, 15) is 9.59 Å². The first kappa shape index (κ1) is 22.2. The van der Waals surface area contributed by atoms with Crippen LogP contribution < -0.4 is 0 Å². The highest BCUT2D eigenvalue weighted by Gasteiger charge is 2.35. The number of halogens is 1. The summed E-state index contributed by atoms with van der Waals surface area (Å²) in [7, 11) is 0. The first-order chi connectivity index (χ1) is 15.5. The predicted molar refractivity (Wildman–Crippen MR) is 125 cm³/mol. The van der Waals surface area contributed by atoms with E-state index in [1.54, 1.807) is 34.1 Å². The number of hydrogen-bond donors (Lipinski definition) is 0. The van der Waals surface area contributed by atoms with Gasteiger partial charge in [0.1, 0.15) is 18.1 Å². The minimum Gasteiger partial charge on any atom is -0.464 e. The summed E-state index contributed by atoms with van der Waals surface area (Å²) in [6.07, 6.45) is 2.59. The molecule has 3 aromatic rings. The maximum atomic E-state index is 13.4. The molecule has 1 saturated carbocycles. The number of amides is 2. The van der Waals surface area contributed by atoms with Crippen LogP contribution in [0.4, 0.5) is 0 Å². The lowest BCUT2D eigenvalue weighted by atomic mass is 10.1. The Kier molecular flexibility index (Phi) is 6.96. The Morgan fingerprint density at radius 3 is 2.34 bits per heavy atom. The molecule has 32 heavy (non-hydrogen) atoms. The minimum atomic E-state index is -0.130. The summed E-state index contributed by atoms with van der Waals surface area (Å²) in [5.74, 6) is 1.34. The molecule has 2 aromatic carbocycles. The van der Waals surface area contributed by atoms with Crippen molar-refractivity contribution >= 4 is 23.4 Å². The van der Waals surface area contributed by atoms with Crippen LogP contribution in [-0.2, 0) is 17.8 Å². The van der Waals surface area contributed by atoms with E-state index in [4.69, 9.17) is 16.0 Å². The number of benzene rings is 2. The standard InChI is InChI=1S/C26H27ClN2O3/c1-19-7-14-24(32-19)17-28(16-15-20-5-3-2-4-6-20)25(30)18-29(23-12-13-23)26(31)21-8-10-22(27)11-9-21/h2-11,14,23H,12-13,15-18H2,1H3. The van der Waals surface area contributed by atoms with E-state index < -0.39 is 0 Å². The topological polar surface area (TPSA) is 53.8 Å². The molecule has 0 spiro atoms. The number of carbonyl (C=O) groups is 2. The molecule has 0 atom stereocenters. The highest BCUT2D eigenvalue weighted by molar-refractivity contribution is 6.30. The Balaban J connectivity index is 1.48. The third-order valence-electron chi connectivity index (χ3n) is 5.65. The van der Waals surface area contributed by atoms with Crippen molar-refractivity contribution in [2.24, 2.45) is 0 Å². The highest BCUT2D eigenvalue weighted by Crippen LogP contribution is 2.28. The van der Waals surface area contributed by atoms with Crippen LogP contribution in [0.25, 0.3) is 0 Å². The molecule has 6 heteroatoms. The lowest BCUT2D eigenvalue weighted by Gasteiger charge is -2.27. The van der Waals surface area contributed by atoms with E-state index in [1.807, 2.05) is 37.3 Å². The van der Waals surface area contributed by atoms with Crippen LogP contribution in [0, 0.1) is 6.92 Å². The van der Waals surface area contributed by atoms with Gasteiger partial charge >= 0.3 is 0 Å². The van der Waals surface area contributed by atoms with Crippen molar-refractivity contribution in [2.75, 3.05) is 13.1 Å². The van der Waals surface area contributed by atoms with E-state index in [-0.39, 0.29) is 24.4 Å². The number of hydrogen-bond acceptors (Lipinski definition) is 3. The van der Waals surface area contributed by atoms with Gasteiger partial charge in [-0.2, -0.15) is 0 Å². The third-order valence-corrected chi connectivity index (χ3v) is 5.91. The molecule has 0 unspecified atom stereocenters. The molecule has 1 aliphatic rings. The summed E-state index contributed by atoms with van der Waals surface area (Å²) in [6.45, 7) is 2.88. The summed E-state index contributed by atoms with van der Waals surface area (Å²) in [5.41, 5.74) is 1.71. The monoisotopic (exact) mass is 450 g/mol. The fourth-order valence-corrected chi connectivity index (χ4v) is 3.84. The maximum Gasteiger partial charge on any atom is 0.254 e. The molecule has 0 saturated heterocycles. The van der Waals surface area contributed by atoms with Gasteiger partial charge in [0.15, 0.2) is 0 Å². The van der Waals surface area contributed by atoms with Crippen molar-refractivity contribution in [1.82, 2.24) is 9.80 Å². The van der Waals surface area contributed by atoms with Gasteiger partial charge < -0.3 is 14.2 Å². The molecule has 0 bridgehead atoms. The van der Waals surface area contributed by atoms with Gasteiger partial charge in [0.25, 0.3) is 5.91 Å². The summed E-state index contributed by atoms with van der Waals surface area (Å²) < 4.78 is 5.72. The van der Waals surface area contributed by atoms with E-state index in [2.05, 4.69) is 12.1 Å². The molecule has 1 heterocycles. The lowest BCUT2D eigenvalue weighted by Crippen LogP contribution is -2.44. The van der Waals surface area contributed by atoms with Crippen molar-refractivity contribution in [3.05, 3.63) is 94.4 Å². The Morgan fingerprint density at radius 2 is 1.72 bits per heavy atom. The fraction of sp³-hybridized carbons (Fsp3) is 0.308. The largest absolute Gasteiger partial charge is 0.464 e. The average Bonchev–Trinajstić information content (AvgIpc) is 3.56. The van der Waals surface area contributed by atoms with Crippen molar-refractivity contribution in [2.45, 2.75) is 38.8 Å².